The van der Waals surface area contributed by atoms with Crippen LogP contribution in [0.5, 0.6) is 0 Å². The lowest BCUT2D eigenvalue weighted by atomic mass is 9.84. The summed E-state index contributed by atoms with van der Waals surface area (Å²) in [7, 11) is 4.42. The van der Waals surface area contributed by atoms with E-state index in [1.54, 1.807) is 0 Å². The van der Waals surface area contributed by atoms with Gasteiger partial charge in [0, 0.05) is 12.1 Å². The number of hydrogen-bond acceptors (Lipinski definition) is 2. The molecular weight excluding hydrogens is 220 g/mol. The van der Waals surface area contributed by atoms with Crippen molar-refractivity contribution in [3.63, 3.8) is 0 Å². The quantitative estimate of drug-likeness (QED) is 0.711. The first-order valence-corrected chi connectivity index (χ1v) is 8.08. The van der Waals surface area contributed by atoms with Crippen LogP contribution in [0.3, 0.4) is 0 Å². The number of nitrogens with one attached hydrogen (secondary N) is 1. The maximum Gasteiger partial charge on any atom is 0.00924 e. The van der Waals surface area contributed by atoms with E-state index in [1.165, 1.54) is 57.9 Å². The zero-order chi connectivity index (χ0) is 13.4. The lowest BCUT2D eigenvalue weighted by molar-refractivity contribution is 0.160. The Morgan fingerprint density at radius 3 is 2.33 bits per heavy atom. The van der Waals surface area contributed by atoms with Gasteiger partial charge in [0.1, 0.15) is 0 Å². The molecule has 0 bridgehead atoms. The number of rotatable bonds is 8. The SMILES string of the molecule is CCC1CCC(N(C)CCCC(CC)NC)CC1. The minimum atomic E-state index is 0.717. The molecule has 1 fully saturated rings. The summed E-state index contributed by atoms with van der Waals surface area (Å²) in [6.07, 6.45) is 11.1. The van der Waals surface area contributed by atoms with Gasteiger partial charge in [-0.3, -0.25) is 0 Å². The second kappa shape index (κ2) is 8.92. The lowest BCUT2D eigenvalue weighted by Gasteiger charge is -2.34. The average molecular weight is 254 g/mol. The fraction of sp³-hybridized carbons (Fsp3) is 1.00. The van der Waals surface area contributed by atoms with Crippen LogP contribution in [0.15, 0.2) is 0 Å². The van der Waals surface area contributed by atoms with Crippen LogP contribution >= 0.6 is 0 Å². The van der Waals surface area contributed by atoms with Crippen molar-refractivity contribution < 1.29 is 0 Å². The Hall–Kier alpha value is -0.0800. The van der Waals surface area contributed by atoms with Crippen LogP contribution < -0.4 is 5.32 Å². The summed E-state index contributed by atoms with van der Waals surface area (Å²) in [5.41, 5.74) is 0. The molecule has 0 spiro atoms. The third kappa shape index (κ3) is 5.27. The van der Waals surface area contributed by atoms with Gasteiger partial charge in [0.05, 0.1) is 0 Å². The van der Waals surface area contributed by atoms with E-state index < -0.39 is 0 Å². The second-order valence-corrected chi connectivity index (χ2v) is 6.10. The van der Waals surface area contributed by atoms with Gasteiger partial charge in [0.25, 0.3) is 0 Å². The fourth-order valence-electron chi connectivity index (χ4n) is 3.32. The lowest BCUT2D eigenvalue weighted by Crippen LogP contribution is -2.36. The van der Waals surface area contributed by atoms with Gasteiger partial charge in [-0.1, -0.05) is 20.3 Å². The van der Waals surface area contributed by atoms with E-state index in [0.29, 0.717) is 6.04 Å². The highest BCUT2D eigenvalue weighted by Gasteiger charge is 2.22. The van der Waals surface area contributed by atoms with Gasteiger partial charge in [-0.15, -0.1) is 0 Å². The average Bonchev–Trinajstić information content (AvgIpc) is 2.43. The summed E-state index contributed by atoms with van der Waals surface area (Å²) in [5, 5.41) is 3.40. The molecule has 108 valence electrons. The smallest absolute Gasteiger partial charge is 0.00924 e. The highest BCUT2D eigenvalue weighted by atomic mass is 15.1. The summed E-state index contributed by atoms with van der Waals surface area (Å²) in [6, 6.07) is 1.58. The molecule has 0 amide bonds. The molecule has 1 aliphatic carbocycles. The summed E-state index contributed by atoms with van der Waals surface area (Å²) >= 11 is 0. The molecule has 2 heteroatoms. The summed E-state index contributed by atoms with van der Waals surface area (Å²) < 4.78 is 0. The molecule has 1 saturated carbocycles. The highest BCUT2D eigenvalue weighted by molar-refractivity contribution is 4.78. The van der Waals surface area contributed by atoms with Crippen LogP contribution in [0.25, 0.3) is 0 Å². The molecule has 1 aliphatic rings. The summed E-state index contributed by atoms with van der Waals surface area (Å²) in [5.74, 6) is 1.02. The van der Waals surface area contributed by atoms with Crippen LogP contribution in [-0.2, 0) is 0 Å². The van der Waals surface area contributed by atoms with Gasteiger partial charge in [-0.2, -0.15) is 0 Å². The molecule has 0 aromatic heterocycles. The first-order chi connectivity index (χ1) is 8.71. The molecule has 0 aromatic carbocycles. The number of hydrogen-bond donors (Lipinski definition) is 1. The largest absolute Gasteiger partial charge is 0.317 e. The first-order valence-electron chi connectivity index (χ1n) is 8.08. The van der Waals surface area contributed by atoms with Gasteiger partial charge in [0.15, 0.2) is 0 Å². The first kappa shape index (κ1) is 16.0. The molecule has 2 nitrogen and oxygen atoms in total. The van der Waals surface area contributed by atoms with E-state index in [9.17, 15) is 0 Å². The van der Waals surface area contributed by atoms with E-state index in [1.807, 2.05) is 0 Å². The minimum absolute atomic E-state index is 0.717. The molecule has 0 radical (unpaired) electrons. The zero-order valence-corrected chi connectivity index (χ0v) is 13.0. The molecular formula is C16H34N2. The third-order valence-electron chi connectivity index (χ3n) is 4.98. The third-order valence-corrected chi connectivity index (χ3v) is 4.98. The van der Waals surface area contributed by atoms with Crippen molar-refractivity contribution in [3.8, 4) is 0 Å². The predicted molar refractivity (Wildman–Crippen MR) is 81.0 cm³/mol. The standard InChI is InChI=1S/C16H34N2/c1-5-14-9-11-16(12-10-14)18(4)13-7-8-15(6-2)17-3/h14-17H,5-13H2,1-4H3. The molecule has 1 N–H and O–H groups in total. The van der Waals surface area contributed by atoms with Crippen molar-refractivity contribution in [2.24, 2.45) is 5.92 Å². The molecule has 18 heavy (non-hydrogen) atoms. The van der Waals surface area contributed by atoms with Gasteiger partial charge in [0.2, 0.25) is 0 Å². The molecule has 1 rings (SSSR count). The van der Waals surface area contributed by atoms with Crippen molar-refractivity contribution in [2.45, 2.75) is 77.3 Å². The Bertz CT molecular complexity index is 193. The Kier molecular flexibility index (Phi) is 7.92. The Labute approximate surface area is 115 Å². The van der Waals surface area contributed by atoms with E-state index in [-0.39, 0.29) is 0 Å². The van der Waals surface area contributed by atoms with Crippen LogP contribution in [0.2, 0.25) is 0 Å². The van der Waals surface area contributed by atoms with Gasteiger partial charge in [-0.25, -0.2) is 0 Å². The van der Waals surface area contributed by atoms with Crippen LogP contribution in [0.1, 0.15) is 65.2 Å². The zero-order valence-electron chi connectivity index (χ0n) is 13.0. The van der Waals surface area contributed by atoms with Crippen molar-refractivity contribution in [3.05, 3.63) is 0 Å². The maximum atomic E-state index is 3.40. The van der Waals surface area contributed by atoms with E-state index in [2.05, 4.69) is 38.2 Å². The molecule has 0 aromatic rings. The van der Waals surface area contributed by atoms with Crippen LogP contribution in [0.4, 0.5) is 0 Å². The molecule has 1 unspecified atom stereocenters. The minimum Gasteiger partial charge on any atom is -0.317 e. The second-order valence-electron chi connectivity index (χ2n) is 6.10. The van der Waals surface area contributed by atoms with Crippen molar-refractivity contribution in [1.82, 2.24) is 10.2 Å². The maximum absolute atomic E-state index is 3.40. The Morgan fingerprint density at radius 1 is 1.17 bits per heavy atom. The molecule has 1 atom stereocenters. The Balaban J connectivity index is 2.15. The molecule has 0 aliphatic heterocycles. The summed E-state index contributed by atoms with van der Waals surface area (Å²) in [4.78, 5) is 2.62. The van der Waals surface area contributed by atoms with E-state index in [4.69, 9.17) is 0 Å². The van der Waals surface area contributed by atoms with Crippen molar-refractivity contribution >= 4 is 0 Å². The van der Waals surface area contributed by atoms with Crippen LogP contribution in [0, 0.1) is 5.92 Å². The van der Waals surface area contributed by atoms with Gasteiger partial charge < -0.3 is 10.2 Å². The van der Waals surface area contributed by atoms with Gasteiger partial charge in [-0.05, 0) is 71.5 Å². The monoisotopic (exact) mass is 254 g/mol. The fourth-order valence-corrected chi connectivity index (χ4v) is 3.32. The van der Waals surface area contributed by atoms with E-state index in [0.717, 1.165) is 12.0 Å². The normalized spacial score (nSPS) is 26.5. The topological polar surface area (TPSA) is 15.3 Å². The predicted octanol–water partition coefficient (Wildman–Crippen LogP) is 3.67. The van der Waals surface area contributed by atoms with Crippen molar-refractivity contribution in [1.29, 1.82) is 0 Å². The molecule has 0 heterocycles. The van der Waals surface area contributed by atoms with Crippen LogP contribution in [-0.4, -0.2) is 37.6 Å². The van der Waals surface area contributed by atoms with E-state index >= 15 is 0 Å². The molecule has 0 saturated heterocycles. The summed E-state index contributed by atoms with van der Waals surface area (Å²) in [6.45, 7) is 5.90. The van der Waals surface area contributed by atoms with Gasteiger partial charge >= 0.3 is 0 Å². The van der Waals surface area contributed by atoms with Crippen molar-refractivity contribution in [2.75, 3.05) is 20.6 Å². The Morgan fingerprint density at radius 2 is 1.83 bits per heavy atom. The number of nitrogens with zero attached hydrogens (tertiary/aromatic N) is 1. The highest BCUT2D eigenvalue weighted by Crippen LogP contribution is 2.28.